The normalized spacial score (nSPS) is 11.4. The van der Waals surface area contributed by atoms with Gasteiger partial charge < -0.3 is 5.32 Å². The summed E-state index contributed by atoms with van der Waals surface area (Å²) in [6, 6.07) is 14.1. The molecule has 1 heterocycles. The monoisotopic (exact) mass is 460 g/mol. The number of benzene rings is 2. The Morgan fingerprint density at radius 2 is 1.77 bits per heavy atom. The van der Waals surface area contributed by atoms with Crippen LogP contribution in [0.15, 0.2) is 58.6 Å². The maximum absolute atomic E-state index is 12.2. The number of carbonyl (C=O) groups is 1. The average molecular weight is 461 g/mol. The van der Waals surface area contributed by atoms with E-state index in [1.807, 2.05) is 12.1 Å². The third-order valence-electron chi connectivity index (χ3n) is 4.51. The molecule has 2 aromatic carbocycles. The van der Waals surface area contributed by atoms with Gasteiger partial charge in [0.1, 0.15) is 0 Å². The molecule has 0 fully saturated rings. The second-order valence-electron chi connectivity index (χ2n) is 6.90. The van der Waals surface area contributed by atoms with Crippen LogP contribution in [0.4, 0.5) is 0 Å². The number of rotatable bonds is 10. The van der Waals surface area contributed by atoms with Crippen molar-refractivity contribution in [3.63, 3.8) is 0 Å². The average Bonchev–Trinajstić information content (AvgIpc) is 3.23. The maximum atomic E-state index is 12.2. The summed E-state index contributed by atoms with van der Waals surface area (Å²) in [6.45, 7) is 2.44. The first-order chi connectivity index (χ1) is 14.9. The molecule has 1 amide bonds. The van der Waals surface area contributed by atoms with Gasteiger partial charge in [0.15, 0.2) is 0 Å². The Morgan fingerprint density at radius 3 is 2.42 bits per heavy atom. The summed E-state index contributed by atoms with van der Waals surface area (Å²) < 4.78 is 24.2. The van der Waals surface area contributed by atoms with Crippen molar-refractivity contribution in [1.29, 1.82) is 0 Å². The molecular formula is C20H24N6O3S2. The number of nitrogens with one attached hydrogen (secondary N) is 1. The summed E-state index contributed by atoms with van der Waals surface area (Å²) in [7, 11) is -3.73. The van der Waals surface area contributed by atoms with Crippen molar-refractivity contribution in [3.8, 4) is 5.69 Å². The van der Waals surface area contributed by atoms with Gasteiger partial charge in [-0.1, -0.05) is 49.4 Å². The van der Waals surface area contributed by atoms with E-state index >= 15 is 0 Å². The fourth-order valence-electron chi connectivity index (χ4n) is 2.79. The number of aryl methyl sites for hydroxylation is 1. The van der Waals surface area contributed by atoms with Crippen LogP contribution in [0.2, 0.25) is 0 Å². The van der Waals surface area contributed by atoms with Gasteiger partial charge in [-0.05, 0) is 58.7 Å². The van der Waals surface area contributed by atoms with Crippen LogP contribution in [0.3, 0.4) is 0 Å². The molecule has 0 bridgehead atoms. The standard InChI is InChI=1S/C20H24N6O3S2/c1-2-3-4-15-5-9-17(10-6-15)26-20(23-24-25-26)30-14-19(27)22-13-16-7-11-18(12-8-16)31(21,28)29/h5-12H,2-4,13-14H2,1H3,(H,22,27)(H2,21,28,29). The Hall–Kier alpha value is -2.76. The van der Waals surface area contributed by atoms with E-state index in [0.29, 0.717) is 5.16 Å². The summed E-state index contributed by atoms with van der Waals surface area (Å²) in [5.41, 5.74) is 2.87. The number of aromatic nitrogens is 4. The van der Waals surface area contributed by atoms with Crippen LogP contribution in [0.1, 0.15) is 30.9 Å². The molecule has 0 spiro atoms. The zero-order chi connectivity index (χ0) is 22.3. The number of thioether (sulfide) groups is 1. The van der Waals surface area contributed by atoms with Crippen LogP contribution in [-0.4, -0.2) is 40.3 Å². The first-order valence-electron chi connectivity index (χ1n) is 9.75. The fraction of sp³-hybridized carbons (Fsp3) is 0.300. The number of sulfonamides is 1. The van der Waals surface area contributed by atoms with Crippen LogP contribution >= 0.6 is 11.8 Å². The summed E-state index contributed by atoms with van der Waals surface area (Å²) >= 11 is 1.23. The van der Waals surface area contributed by atoms with Crippen molar-refractivity contribution in [2.24, 2.45) is 5.14 Å². The van der Waals surface area contributed by atoms with Gasteiger partial charge in [-0.2, -0.15) is 4.68 Å². The lowest BCUT2D eigenvalue weighted by molar-refractivity contribution is -0.118. The number of unbranched alkanes of at least 4 members (excludes halogenated alkanes) is 1. The third-order valence-corrected chi connectivity index (χ3v) is 6.36. The van der Waals surface area contributed by atoms with E-state index in [0.717, 1.165) is 30.5 Å². The van der Waals surface area contributed by atoms with Crippen LogP contribution in [0, 0.1) is 0 Å². The summed E-state index contributed by atoms with van der Waals surface area (Å²) in [6.07, 6.45) is 3.34. The van der Waals surface area contributed by atoms with E-state index in [1.165, 1.54) is 29.5 Å². The van der Waals surface area contributed by atoms with Gasteiger partial charge in [0.05, 0.1) is 16.3 Å². The molecule has 0 radical (unpaired) electrons. The first-order valence-corrected chi connectivity index (χ1v) is 12.3. The molecule has 164 valence electrons. The molecule has 3 aromatic rings. The predicted octanol–water partition coefficient (Wildman–Crippen LogP) is 2.06. The van der Waals surface area contributed by atoms with Crippen molar-refractivity contribution >= 4 is 27.7 Å². The lowest BCUT2D eigenvalue weighted by Gasteiger charge is -2.07. The van der Waals surface area contributed by atoms with Crippen molar-refractivity contribution in [3.05, 3.63) is 59.7 Å². The van der Waals surface area contributed by atoms with Crippen molar-refractivity contribution in [2.75, 3.05) is 5.75 Å². The van der Waals surface area contributed by atoms with Gasteiger partial charge in [-0.3, -0.25) is 4.79 Å². The molecule has 9 nitrogen and oxygen atoms in total. The molecule has 0 aliphatic carbocycles. The Morgan fingerprint density at radius 1 is 1.10 bits per heavy atom. The maximum Gasteiger partial charge on any atom is 0.238 e. The van der Waals surface area contributed by atoms with Gasteiger partial charge >= 0.3 is 0 Å². The minimum atomic E-state index is -3.73. The lowest BCUT2D eigenvalue weighted by Crippen LogP contribution is -2.24. The van der Waals surface area contributed by atoms with E-state index in [1.54, 1.807) is 16.8 Å². The van der Waals surface area contributed by atoms with E-state index in [9.17, 15) is 13.2 Å². The number of nitrogens with two attached hydrogens (primary N) is 1. The van der Waals surface area contributed by atoms with Gasteiger partial charge in [-0.25, -0.2) is 13.6 Å². The number of carbonyl (C=O) groups excluding carboxylic acids is 1. The summed E-state index contributed by atoms with van der Waals surface area (Å²) in [5, 5.41) is 20.1. The number of amides is 1. The third kappa shape index (κ3) is 6.61. The highest BCUT2D eigenvalue weighted by atomic mass is 32.2. The van der Waals surface area contributed by atoms with Crippen molar-refractivity contribution in [1.82, 2.24) is 25.5 Å². The number of hydrogen-bond donors (Lipinski definition) is 2. The van der Waals surface area contributed by atoms with Crippen molar-refractivity contribution in [2.45, 2.75) is 42.8 Å². The smallest absolute Gasteiger partial charge is 0.238 e. The number of tetrazole rings is 1. The molecule has 0 atom stereocenters. The number of hydrogen-bond acceptors (Lipinski definition) is 7. The van der Waals surface area contributed by atoms with Gasteiger partial charge in [0.25, 0.3) is 0 Å². The van der Waals surface area contributed by atoms with E-state index < -0.39 is 10.0 Å². The zero-order valence-corrected chi connectivity index (χ0v) is 18.7. The minimum Gasteiger partial charge on any atom is -0.351 e. The van der Waals surface area contributed by atoms with Crippen LogP contribution in [0.25, 0.3) is 5.69 Å². The van der Waals surface area contributed by atoms with E-state index in [4.69, 9.17) is 5.14 Å². The van der Waals surface area contributed by atoms with Crippen molar-refractivity contribution < 1.29 is 13.2 Å². The number of nitrogens with zero attached hydrogens (tertiary/aromatic N) is 4. The van der Waals surface area contributed by atoms with E-state index in [2.05, 4.69) is 39.9 Å². The Bertz CT molecular complexity index is 1110. The van der Waals surface area contributed by atoms with Gasteiger partial charge in [0, 0.05) is 6.54 Å². The molecule has 0 saturated heterocycles. The van der Waals surface area contributed by atoms with Crippen LogP contribution in [-0.2, 0) is 27.8 Å². The molecule has 0 unspecified atom stereocenters. The zero-order valence-electron chi connectivity index (χ0n) is 17.1. The van der Waals surface area contributed by atoms with Crippen LogP contribution < -0.4 is 10.5 Å². The SMILES string of the molecule is CCCCc1ccc(-n2nnnc2SCC(=O)NCc2ccc(S(N)(=O)=O)cc2)cc1. The molecule has 1 aromatic heterocycles. The largest absolute Gasteiger partial charge is 0.351 e. The van der Waals surface area contributed by atoms with E-state index in [-0.39, 0.29) is 23.1 Å². The molecular weight excluding hydrogens is 436 g/mol. The molecule has 3 N–H and O–H groups in total. The summed E-state index contributed by atoms with van der Waals surface area (Å²) in [4.78, 5) is 12.2. The van der Waals surface area contributed by atoms with Crippen LogP contribution in [0.5, 0.6) is 0 Å². The molecule has 11 heteroatoms. The van der Waals surface area contributed by atoms with Gasteiger partial charge in [0.2, 0.25) is 21.1 Å². The highest BCUT2D eigenvalue weighted by molar-refractivity contribution is 7.99. The second kappa shape index (κ2) is 10.5. The minimum absolute atomic E-state index is 0.0309. The Kier molecular flexibility index (Phi) is 7.77. The first kappa shape index (κ1) is 22.9. The highest BCUT2D eigenvalue weighted by Gasteiger charge is 2.12. The fourth-order valence-corrected chi connectivity index (χ4v) is 4.03. The number of primary sulfonamides is 1. The molecule has 0 aliphatic heterocycles. The molecule has 0 aliphatic rings. The molecule has 3 rings (SSSR count). The highest BCUT2D eigenvalue weighted by Crippen LogP contribution is 2.19. The van der Waals surface area contributed by atoms with Gasteiger partial charge in [-0.15, -0.1) is 5.10 Å². The quantitative estimate of drug-likeness (QED) is 0.442. The topological polar surface area (TPSA) is 133 Å². The summed E-state index contributed by atoms with van der Waals surface area (Å²) in [5.74, 6) is -0.0468. The Labute approximate surface area is 185 Å². The predicted molar refractivity (Wildman–Crippen MR) is 118 cm³/mol. The second-order valence-corrected chi connectivity index (χ2v) is 9.40. The molecule has 31 heavy (non-hydrogen) atoms. The Balaban J connectivity index is 1.52. The molecule has 0 saturated carbocycles. The lowest BCUT2D eigenvalue weighted by atomic mass is 10.1.